The minimum Gasteiger partial charge on any atom is -0.507 e. The summed E-state index contributed by atoms with van der Waals surface area (Å²) in [6, 6.07) is 30.3. The number of amides is 4. The van der Waals surface area contributed by atoms with Gasteiger partial charge >= 0.3 is 0 Å². The lowest BCUT2D eigenvalue weighted by molar-refractivity contribution is -0.144. The van der Waals surface area contributed by atoms with E-state index in [9.17, 15) is 14.7 Å². The number of imide groups is 2. The average molecular weight is 754 g/mol. The Hall–Kier alpha value is -5.05. The van der Waals surface area contributed by atoms with E-state index in [0.717, 1.165) is 36.3 Å². The maximum atomic E-state index is 15.5. The molecule has 5 aliphatic rings. The number of phenolic OH excluding ortho intramolecular Hbond substituents is 1. The van der Waals surface area contributed by atoms with Crippen molar-refractivity contribution in [2.45, 2.75) is 63.5 Å². The Morgan fingerprint density at radius 2 is 1.45 bits per heavy atom. The fourth-order valence-corrected chi connectivity index (χ4v) is 11.0. The summed E-state index contributed by atoms with van der Waals surface area (Å²) in [5.74, 6) is -3.84. The molecule has 3 heterocycles. The number of halogens is 1. The van der Waals surface area contributed by atoms with Crippen LogP contribution < -0.4 is 4.90 Å². The summed E-state index contributed by atoms with van der Waals surface area (Å²) in [4.78, 5) is 65.0. The Balaban J connectivity index is 1.13. The molecule has 0 bridgehead atoms. The summed E-state index contributed by atoms with van der Waals surface area (Å²) in [6.07, 6.45) is 4.16. The Labute approximate surface area is 326 Å². The van der Waals surface area contributed by atoms with E-state index in [1.807, 2.05) is 74.5 Å². The maximum absolute atomic E-state index is 15.5. The molecule has 55 heavy (non-hydrogen) atoms. The van der Waals surface area contributed by atoms with Crippen LogP contribution in [0.15, 0.2) is 109 Å². The standard InChI is InChI=1S/C46H44ClN3O5/c1-27-22-30(23-28(2)41(27)51)40-35-16-17-36-39(44(54)49(42(36)52)33-18-20-48(21-19-33)26-29-10-5-3-6-11-29)37(35)25-38-43(53)50(34-15-9-14-32(47)24-34)45(55)46(38,40)31-12-7-4-8-13-31/h3-16,22-24,33,36-40,51H,17-21,25-26H2,1-2H3. The summed E-state index contributed by atoms with van der Waals surface area (Å²) in [6.45, 7) is 6.09. The van der Waals surface area contributed by atoms with Crippen LogP contribution in [0.4, 0.5) is 5.69 Å². The van der Waals surface area contributed by atoms with Gasteiger partial charge in [-0.3, -0.25) is 29.0 Å². The van der Waals surface area contributed by atoms with Gasteiger partial charge in [0.1, 0.15) is 5.75 Å². The molecule has 8 nitrogen and oxygen atoms in total. The normalized spacial score (nSPS) is 28.3. The van der Waals surface area contributed by atoms with Gasteiger partial charge in [-0.15, -0.1) is 0 Å². The first-order valence-electron chi connectivity index (χ1n) is 19.4. The van der Waals surface area contributed by atoms with E-state index in [1.165, 1.54) is 10.5 Å². The highest BCUT2D eigenvalue weighted by Crippen LogP contribution is 2.64. The second-order valence-corrected chi connectivity index (χ2v) is 16.6. The lowest BCUT2D eigenvalue weighted by Crippen LogP contribution is -2.53. The Morgan fingerprint density at radius 1 is 0.782 bits per heavy atom. The lowest BCUT2D eigenvalue weighted by Gasteiger charge is -2.51. The van der Waals surface area contributed by atoms with Gasteiger partial charge < -0.3 is 5.11 Å². The molecule has 1 N–H and O–H groups in total. The molecule has 6 unspecified atom stereocenters. The van der Waals surface area contributed by atoms with Gasteiger partial charge in [0.25, 0.3) is 0 Å². The second kappa shape index (κ2) is 13.6. The second-order valence-electron chi connectivity index (χ2n) is 16.1. The number of rotatable bonds is 6. The minimum absolute atomic E-state index is 0.117. The smallest absolute Gasteiger partial charge is 0.246 e. The molecule has 1 saturated carbocycles. The van der Waals surface area contributed by atoms with Crippen LogP contribution in [0.3, 0.4) is 0 Å². The van der Waals surface area contributed by atoms with Crippen LogP contribution in [0, 0.1) is 37.5 Å². The van der Waals surface area contributed by atoms with Gasteiger partial charge in [-0.1, -0.05) is 102 Å². The lowest BCUT2D eigenvalue weighted by atomic mass is 9.49. The molecule has 4 fully saturated rings. The van der Waals surface area contributed by atoms with E-state index in [2.05, 4.69) is 23.1 Å². The van der Waals surface area contributed by atoms with Gasteiger partial charge in [-0.25, -0.2) is 4.90 Å². The SMILES string of the molecule is Cc1cc(C2C3=CCC4C(=O)N(C5CCN(Cc6ccccc6)CC5)C(=O)C4C3CC3C(=O)N(c4cccc(Cl)c4)C(=O)C32c2ccccc2)cc(C)c1O. The van der Waals surface area contributed by atoms with E-state index < -0.39 is 35.0 Å². The molecule has 4 aromatic carbocycles. The molecule has 4 aromatic rings. The number of likely N-dealkylation sites (tertiary alicyclic amines) is 2. The van der Waals surface area contributed by atoms with Crippen molar-refractivity contribution >= 4 is 40.9 Å². The highest BCUT2D eigenvalue weighted by atomic mass is 35.5. The van der Waals surface area contributed by atoms with Crippen LogP contribution in [-0.4, -0.2) is 57.7 Å². The van der Waals surface area contributed by atoms with Crippen LogP contribution >= 0.6 is 11.6 Å². The van der Waals surface area contributed by atoms with Crippen molar-refractivity contribution in [2.24, 2.45) is 23.7 Å². The molecule has 0 spiro atoms. The fraction of sp³-hybridized carbons (Fsp3) is 0.348. The average Bonchev–Trinajstić information content (AvgIpc) is 3.58. The molecule has 0 radical (unpaired) electrons. The molecule has 3 saturated heterocycles. The van der Waals surface area contributed by atoms with Gasteiger partial charge in [-0.2, -0.15) is 0 Å². The number of hydrogen-bond acceptors (Lipinski definition) is 6. The quantitative estimate of drug-likeness (QED) is 0.162. The number of carbonyl (C=O) groups is 4. The number of carbonyl (C=O) groups excluding carboxylic acids is 4. The molecular formula is C46H44ClN3O5. The molecule has 4 amide bonds. The number of aromatic hydroxyl groups is 1. The predicted octanol–water partition coefficient (Wildman–Crippen LogP) is 7.49. The zero-order valence-corrected chi connectivity index (χ0v) is 31.8. The summed E-state index contributed by atoms with van der Waals surface area (Å²) < 4.78 is 0. The summed E-state index contributed by atoms with van der Waals surface area (Å²) in [7, 11) is 0. The highest BCUT2D eigenvalue weighted by Gasteiger charge is 2.70. The van der Waals surface area contributed by atoms with Crippen molar-refractivity contribution < 1.29 is 24.3 Å². The molecule has 9 heteroatoms. The predicted molar refractivity (Wildman–Crippen MR) is 210 cm³/mol. The van der Waals surface area contributed by atoms with Crippen LogP contribution in [0.25, 0.3) is 0 Å². The van der Waals surface area contributed by atoms with Gasteiger partial charge in [0.2, 0.25) is 23.6 Å². The fourth-order valence-electron chi connectivity index (χ4n) is 10.8. The van der Waals surface area contributed by atoms with E-state index in [1.54, 1.807) is 29.2 Å². The zero-order chi connectivity index (χ0) is 38.2. The minimum atomic E-state index is -1.36. The number of aryl methyl sites for hydroxylation is 2. The number of fused-ring (bicyclic) bond motifs is 4. The largest absolute Gasteiger partial charge is 0.507 e. The molecule has 9 rings (SSSR count). The van der Waals surface area contributed by atoms with E-state index >= 15 is 9.59 Å². The third-order valence-electron chi connectivity index (χ3n) is 13.2. The molecule has 6 atom stereocenters. The first kappa shape index (κ1) is 35.6. The Morgan fingerprint density at radius 3 is 2.13 bits per heavy atom. The van der Waals surface area contributed by atoms with Crippen molar-refractivity contribution in [2.75, 3.05) is 18.0 Å². The topological polar surface area (TPSA) is 98.2 Å². The number of hydrogen-bond donors (Lipinski definition) is 1. The maximum Gasteiger partial charge on any atom is 0.246 e. The number of piperidine rings is 1. The van der Waals surface area contributed by atoms with Crippen LogP contribution in [0.1, 0.15) is 59.4 Å². The Bertz CT molecular complexity index is 2230. The monoisotopic (exact) mass is 753 g/mol. The number of nitrogens with zero attached hydrogens (tertiary/aromatic N) is 3. The van der Waals surface area contributed by atoms with E-state index in [0.29, 0.717) is 41.1 Å². The third kappa shape index (κ3) is 5.51. The van der Waals surface area contributed by atoms with Crippen molar-refractivity contribution in [1.82, 2.24) is 9.80 Å². The summed E-state index contributed by atoms with van der Waals surface area (Å²) in [5.41, 5.74) is 4.03. The van der Waals surface area contributed by atoms with E-state index in [4.69, 9.17) is 11.6 Å². The first-order valence-corrected chi connectivity index (χ1v) is 19.8. The van der Waals surface area contributed by atoms with Crippen LogP contribution in [0.5, 0.6) is 5.75 Å². The number of phenols is 1. The zero-order valence-electron chi connectivity index (χ0n) is 31.0. The summed E-state index contributed by atoms with van der Waals surface area (Å²) >= 11 is 6.45. The number of allylic oxidation sites excluding steroid dienone is 2. The van der Waals surface area contributed by atoms with E-state index in [-0.39, 0.29) is 41.8 Å². The molecule has 280 valence electrons. The molecule has 0 aromatic heterocycles. The molecule has 3 aliphatic heterocycles. The van der Waals surface area contributed by atoms with Gasteiger partial charge in [0.05, 0.1) is 28.9 Å². The highest BCUT2D eigenvalue weighted by molar-refractivity contribution is 6.32. The Kier molecular flexibility index (Phi) is 8.82. The number of anilines is 1. The van der Waals surface area contributed by atoms with Crippen LogP contribution in [0.2, 0.25) is 5.02 Å². The molecule has 2 aliphatic carbocycles. The van der Waals surface area contributed by atoms with Crippen molar-refractivity contribution in [3.8, 4) is 5.75 Å². The summed E-state index contributed by atoms with van der Waals surface area (Å²) in [5, 5.41) is 11.3. The number of benzene rings is 4. The first-order chi connectivity index (χ1) is 26.6. The van der Waals surface area contributed by atoms with Gasteiger partial charge in [-0.05, 0) is 91.5 Å². The van der Waals surface area contributed by atoms with Crippen molar-refractivity contribution in [3.63, 3.8) is 0 Å². The van der Waals surface area contributed by atoms with Gasteiger partial charge in [0, 0.05) is 36.6 Å². The molecular weight excluding hydrogens is 710 g/mol. The van der Waals surface area contributed by atoms with Crippen molar-refractivity contribution in [3.05, 3.63) is 142 Å². The van der Waals surface area contributed by atoms with Crippen molar-refractivity contribution in [1.29, 1.82) is 0 Å². The van der Waals surface area contributed by atoms with Crippen LogP contribution in [-0.2, 0) is 31.1 Å². The third-order valence-corrected chi connectivity index (χ3v) is 13.5. The van der Waals surface area contributed by atoms with Gasteiger partial charge in [0.15, 0.2) is 0 Å².